The summed E-state index contributed by atoms with van der Waals surface area (Å²) in [4.78, 5) is 6.94. The van der Waals surface area contributed by atoms with Gasteiger partial charge in [-0.2, -0.15) is 0 Å². The number of benzene rings is 3. The number of hydrogen-bond acceptors (Lipinski definition) is 2. The average molecular weight is 344 g/mol. The van der Waals surface area contributed by atoms with E-state index >= 15 is 4.39 Å². The highest BCUT2D eigenvalue weighted by molar-refractivity contribution is 6.11. The van der Waals surface area contributed by atoms with Gasteiger partial charge in [0.1, 0.15) is 11.9 Å². The zero-order chi connectivity index (χ0) is 18.0. The zero-order valence-electron chi connectivity index (χ0n) is 14.7. The van der Waals surface area contributed by atoms with Crippen LogP contribution in [0.25, 0.3) is 0 Å². The van der Waals surface area contributed by atoms with E-state index in [2.05, 4.69) is 4.90 Å². The fourth-order valence-electron chi connectivity index (χ4n) is 3.42. The van der Waals surface area contributed by atoms with E-state index in [9.17, 15) is 0 Å². The zero-order valence-corrected chi connectivity index (χ0v) is 14.7. The smallest absolute Gasteiger partial charge is 0.157 e. The van der Waals surface area contributed by atoms with Crippen molar-refractivity contribution in [1.29, 1.82) is 0 Å². The molecule has 3 heteroatoms. The minimum Gasteiger partial charge on any atom is -0.324 e. The van der Waals surface area contributed by atoms with Crippen molar-refractivity contribution in [2.75, 3.05) is 11.4 Å². The molecule has 0 N–H and O–H groups in total. The van der Waals surface area contributed by atoms with E-state index in [-0.39, 0.29) is 0 Å². The van der Waals surface area contributed by atoms with Crippen molar-refractivity contribution in [3.8, 4) is 0 Å². The number of amidine groups is 1. The van der Waals surface area contributed by atoms with Gasteiger partial charge in [0.2, 0.25) is 0 Å². The number of hydrogen-bond donors (Lipinski definition) is 0. The van der Waals surface area contributed by atoms with E-state index in [4.69, 9.17) is 4.99 Å². The average Bonchev–Trinajstić information content (AvgIpc) is 3.16. The number of anilines is 1. The summed E-state index contributed by atoms with van der Waals surface area (Å²) in [5.74, 6) is 0.821. The van der Waals surface area contributed by atoms with Gasteiger partial charge in [-0.1, -0.05) is 78.9 Å². The molecule has 3 aromatic carbocycles. The summed E-state index contributed by atoms with van der Waals surface area (Å²) in [6.45, 7) is 2.14. The second-order valence-electron chi connectivity index (χ2n) is 6.72. The Kier molecular flexibility index (Phi) is 4.29. The van der Waals surface area contributed by atoms with Crippen molar-refractivity contribution in [2.24, 2.45) is 4.99 Å². The van der Waals surface area contributed by atoms with Gasteiger partial charge in [-0.15, -0.1) is 0 Å². The highest BCUT2D eigenvalue weighted by atomic mass is 19.1. The van der Waals surface area contributed by atoms with Gasteiger partial charge in [0.05, 0.1) is 6.54 Å². The van der Waals surface area contributed by atoms with Crippen LogP contribution in [-0.2, 0) is 5.67 Å². The van der Waals surface area contributed by atoms with Crippen LogP contribution in [0.2, 0.25) is 0 Å². The molecule has 130 valence electrons. The Bertz CT molecular complexity index is 889. The lowest BCUT2D eigenvalue weighted by atomic mass is 9.90. The van der Waals surface area contributed by atoms with Crippen LogP contribution in [0.3, 0.4) is 0 Å². The SMILES string of the molecule is C[C@](F)(c1ccccc1)[C@H]1CN(c2ccccc2)C(c2ccccc2)=N1. The lowest BCUT2D eigenvalue weighted by molar-refractivity contribution is 0.157. The molecule has 4 rings (SSSR count). The van der Waals surface area contributed by atoms with Gasteiger partial charge in [-0.05, 0) is 24.6 Å². The van der Waals surface area contributed by atoms with Crippen molar-refractivity contribution >= 4 is 11.5 Å². The molecule has 0 saturated heterocycles. The third-order valence-electron chi connectivity index (χ3n) is 4.95. The van der Waals surface area contributed by atoms with Crippen LogP contribution in [0.4, 0.5) is 10.1 Å². The molecule has 2 atom stereocenters. The fourth-order valence-corrected chi connectivity index (χ4v) is 3.42. The Morgan fingerprint density at radius 2 is 1.38 bits per heavy atom. The quantitative estimate of drug-likeness (QED) is 0.634. The van der Waals surface area contributed by atoms with Gasteiger partial charge in [0.15, 0.2) is 5.67 Å². The van der Waals surface area contributed by atoms with E-state index in [0.29, 0.717) is 12.1 Å². The van der Waals surface area contributed by atoms with Gasteiger partial charge in [0.25, 0.3) is 0 Å². The minimum atomic E-state index is -1.54. The predicted octanol–water partition coefficient (Wildman–Crippen LogP) is 5.21. The van der Waals surface area contributed by atoms with E-state index < -0.39 is 11.7 Å². The molecule has 2 nitrogen and oxygen atoms in total. The number of aliphatic imine (C=N–C) groups is 1. The first-order chi connectivity index (χ1) is 12.7. The predicted molar refractivity (Wildman–Crippen MR) is 105 cm³/mol. The number of para-hydroxylation sites is 1. The Hall–Kier alpha value is -2.94. The summed E-state index contributed by atoms with van der Waals surface area (Å²) >= 11 is 0. The summed E-state index contributed by atoms with van der Waals surface area (Å²) in [6, 6.07) is 28.9. The molecule has 1 aliphatic heterocycles. The first-order valence-corrected chi connectivity index (χ1v) is 8.86. The standard InChI is InChI=1S/C23H21FN2/c1-23(24,19-13-7-3-8-14-19)21-17-26(20-15-9-4-10-16-20)22(25-21)18-11-5-2-6-12-18/h2-16,21H,17H2,1H3/t21-,23+/m1/s1. The Balaban J connectivity index is 1.75. The monoisotopic (exact) mass is 344 g/mol. The molecule has 0 aromatic heterocycles. The topological polar surface area (TPSA) is 15.6 Å². The molecule has 0 fully saturated rings. The molecule has 0 unspecified atom stereocenters. The van der Waals surface area contributed by atoms with Crippen LogP contribution in [-0.4, -0.2) is 18.4 Å². The number of rotatable bonds is 4. The van der Waals surface area contributed by atoms with E-state index in [1.165, 1.54) is 0 Å². The molecule has 1 aliphatic rings. The number of nitrogens with zero attached hydrogens (tertiary/aromatic N) is 2. The van der Waals surface area contributed by atoms with Crippen molar-refractivity contribution in [3.05, 3.63) is 102 Å². The van der Waals surface area contributed by atoms with Crippen LogP contribution in [0.5, 0.6) is 0 Å². The van der Waals surface area contributed by atoms with E-state index in [1.807, 2.05) is 91.0 Å². The van der Waals surface area contributed by atoms with Crippen LogP contribution < -0.4 is 4.90 Å². The van der Waals surface area contributed by atoms with Crippen LogP contribution in [0.15, 0.2) is 96.0 Å². The molecule has 1 heterocycles. The molecule has 0 amide bonds. The van der Waals surface area contributed by atoms with Gasteiger partial charge in [-0.25, -0.2) is 4.39 Å². The molecule has 0 radical (unpaired) electrons. The first kappa shape index (κ1) is 16.5. The maximum Gasteiger partial charge on any atom is 0.157 e. The summed E-state index contributed by atoms with van der Waals surface area (Å²) in [7, 11) is 0. The number of halogens is 1. The lowest BCUT2D eigenvalue weighted by Gasteiger charge is -2.27. The third kappa shape index (κ3) is 3.01. The second kappa shape index (κ2) is 6.75. The molecule has 3 aromatic rings. The highest BCUT2D eigenvalue weighted by Crippen LogP contribution is 2.36. The van der Waals surface area contributed by atoms with Crippen LogP contribution >= 0.6 is 0 Å². The van der Waals surface area contributed by atoms with Gasteiger partial charge < -0.3 is 4.90 Å². The minimum absolute atomic E-state index is 0.472. The van der Waals surface area contributed by atoms with Gasteiger partial charge in [0, 0.05) is 11.3 Å². The van der Waals surface area contributed by atoms with Crippen molar-refractivity contribution in [2.45, 2.75) is 18.6 Å². The summed E-state index contributed by atoms with van der Waals surface area (Å²) in [6.07, 6.45) is 0. The van der Waals surface area contributed by atoms with E-state index in [1.54, 1.807) is 6.92 Å². The van der Waals surface area contributed by atoms with Gasteiger partial charge in [-0.3, -0.25) is 4.99 Å². The summed E-state index contributed by atoms with van der Waals surface area (Å²) in [5, 5.41) is 0. The largest absolute Gasteiger partial charge is 0.324 e. The number of alkyl halides is 1. The fraction of sp³-hybridized carbons (Fsp3) is 0.174. The van der Waals surface area contributed by atoms with Crippen LogP contribution in [0.1, 0.15) is 18.1 Å². The van der Waals surface area contributed by atoms with E-state index in [0.717, 1.165) is 17.1 Å². The summed E-state index contributed by atoms with van der Waals surface area (Å²) < 4.78 is 15.8. The molecular weight excluding hydrogens is 323 g/mol. The molecule has 0 bridgehead atoms. The second-order valence-corrected chi connectivity index (χ2v) is 6.72. The lowest BCUT2D eigenvalue weighted by Crippen LogP contribution is -2.37. The summed E-state index contributed by atoms with van der Waals surface area (Å²) in [5.41, 5.74) is 1.16. The normalized spacial score (nSPS) is 19.1. The van der Waals surface area contributed by atoms with Crippen molar-refractivity contribution in [3.63, 3.8) is 0 Å². The van der Waals surface area contributed by atoms with Crippen molar-refractivity contribution < 1.29 is 4.39 Å². The maximum absolute atomic E-state index is 15.8. The Labute approximate surface area is 153 Å². The molecule has 0 spiro atoms. The maximum atomic E-state index is 15.8. The first-order valence-electron chi connectivity index (χ1n) is 8.86. The Morgan fingerprint density at radius 3 is 2.00 bits per heavy atom. The third-order valence-corrected chi connectivity index (χ3v) is 4.95. The van der Waals surface area contributed by atoms with Crippen LogP contribution in [0, 0.1) is 0 Å². The molecular formula is C23H21FN2. The Morgan fingerprint density at radius 1 is 0.846 bits per heavy atom. The van der Waals surface area contributed by atoms with Gasteiger partial charge >= 0.3 is 0 Å². The highest BCUT2D eigenvalue weighted by Gasteiger charge is 2.42. The molecule has 0 aliphatic carbocycles. The molecule has 26 heavy (non-hydrogen) atoms. The molecule has 0 saturated carbocycles. The van der Waals surface area contributed by atoms with Crippen molar-refractivity contribution in [1.82, 2.24) is 0 Å².